The summed E-state index contributed by atoms with van der Waals surface area (Å²) in [6.07, 6.45) is 3.59. The van der Waals surface area contributed by atoms with E-state index >= 15 is 0 Å². The van der Waals surface area contributed by atoms with E-state index in [4.69, 9.17) is 5.11 Å². The van der Waals surface area contributed by atoms with E-state index in [1.165, 1.54) is 0 Å². The van der Waals surface area contributed by atoms with Crippen LogP contribution < -0.4 is 5.32 Å². The fraction of sp³-hybridized carbons (Fsp3) is 0.417. The van der Waals surface area contributed by atoms with Crippen molar-refractivity contribution in [1.82, 2.24) is 10.3 Å². The second kappa shape index (κ2) is 6.62. The van der Waals surface area contributed by atoms with Crippen LogP contribution in [-0.4, -0.2) is 22.0 Å². The van der Waals surface area contributed by atoms with Gasteiger partial charge in [0, 0.05) is 31.8 Å². The minimum atomic E-state index is -0.877. The molecule has 17 heavy (non-hydrogen) atoms. The summed E-state index contributed by atoms with van der Waals surface area (Å²) in [5.74, 6) is -1.17. The van der Waals surface area contributed by atoms with Crippen molar-refractivity contribution < 1.29 is 14.7 Å². The molecule has 2 N–H and O–H groups in total. The van der Waals surface area contributed by atoms with Crippen molar-refractivity contribution in [2.75, 3.05) is 0 Å². The summed E-state index contributed by atoms with van der Waals surface area (Å²) in [6, 6.07) is 3.67. The lowest BCUT2D eigenvalue weighted by atomic mass is 10.0. The van der Waals surface area contributed by atoms with Crippen LogP contribution in [-0.2, 0) is 16.1 Å². The van der Waals surface area contributed by atoms with E-state index in [-0.39, 0.29) is 24.7 Å². The molecule has 1 amide bonds. The topological polar surface area (TPSA) is 79.3 Å². The first kappa shape index (κ1) is 13.2. The molecule has 0 aliphatic carbocycles. The standard InChI is InChI=1S/C12H16N2O3/c1-9(6-12(16)17)5-11(15)14-8-10-3-2-4-13-7-10/h2-4,7,9H,5-6,8H2,1H3,(H,14,15)(H,16,17)/t9-/m1/s1. The van der Waals surface area contributed by atoms with Gasteiger partial charge in [-0.2, -0.15) is 0 Å². The van der Waals surface area contributed by atoms with Gasteiger partial charge in [-0.05, 0) is 17.5 Å². The summed E-state index contributed by atoms with van der Waals surface area (Å²) in [6.45, 7) is 2.17. The Morgan fingerprint density at radius 3 is 2.82 bits per heavy atom. The van der Waals surface area contributed by atoms with Crippen molar-refractivity contribution in [3.63, 3.8) is 0 Å². The Kier molecular flexibility index (Phi) is 5.13. The first-order valence-corrected chi connectivity index (χ1v) is 5.45. The highest BCUT2D eigenvalue weighted by Crippen LogP contribution is 2.07. The SMILES string of the molecule is C[C@@H](CC(=O)O)CC(=O)NCc1cccnc1. The molecule has 0 unspecified atom stereocenters. The van der Waals surface area contributed by atoms with Crippen molar-refractivity contribution in [2.24, 2.45) is 5.92 Å². The van der Waals surface area contributed by atoms with E-state index in [9.17, 15) is 9.59 Å². The Balaban J connectivity index is 2.28. The number of carbonyl (C=O) groups excluding carboxylic acids is 1. The Morgan fingerprint density at radius 1 is 1.47 bits per heavy atom. The second-order valence-corrected chi connectivity index (χ2v) is 4.05. The molecule has 1 heterocycles. The summed E-state index contributed by atoms with van der Waals surface area (Å²) in [5.41, 5.74) is 0.923. The van der Waals surface area contributed by atoms with Crippen molar-refractivity contribution in [1.29, 1.82) is 0 Å². The fourth-order valence-electron chi connectivity index (χ4n) is 1.46. The van der Waals surface area contributed by atoms with Crippen molar-refractivity contribution in [3.8, 4) is 0 Å². The van der Waals surface area contributed by atoms with Gasteiger partial charge in [-0.3, -0.25) is 14.6 Å². The van der Waals surface area contributed by atoms with Crippen LogP contribution in [0.3, 0.4) is 0 Å². The molecule has 5 heteroatoms. The molecular weight excluding hydrogens is 220 g/mol. The second-order valence-electron chi connectivity index (χ2n) is 4.05. The molecule has 1 aromatic rings. The minimum absolute atomic E-state index is 0.0142. The van der Waals surface area contributed by atoms with Crippen molar-refractivity contribution in [3.05, 3.63) is 30.1 Å². The lowest BCUT2D eigenvalue weighted by Gasteiger charge is -2.09. The molecule has 0 aliphatic rings. The van der Waals surface area contributed by atoms with Crippen LogP contribution in [0.1, 0.15) is 25.3 Å². The van der Waals surface area contributed by atoms with E-state index in [0.29, 0.717) is 6.54 Å². The maximum atomic E-state index is 11.5. The highest BCUT2D eigenvalue weighted by Gasteiger charge is 2.12. The van der Waals surface area contributed by atoms with Gasteiger partial charge in [-0.25, -0.2) is 0 Å². The molecule has 1 atom stereocenters. The zero-order valence-electron chi connectivity index (χ0n) is 9.72. The molecule has 5 nitrogen and oxygen atoms in total. The number of hydrogen-bond donors (Lipinski definition) is 2. The van der Waals surface area contributed by atoms with Gasteiger partial charge in [0.25, 0.3) is 0 Å². The lowest BCUT2D eigenvalue weighted by Crippen LogP contribution is -2.25. The van der Waals surface area contributed by atoms with E-state index in [1.54, 1.807) is 25.4 Å². The van der Waals surface area contributed by atoms with Crippen LogP contribution in [0.25, 0.3) is 0 Å². The normalized spacial score (nSPS) is 11.8. The quantitative estimate of drug-likeness (QED) is 0.777. The smallest absolute Gasteiger partial charge is 0.303 e. The van der Waals surface area contributed by atoms with Crippen LogP contribution in [0.2, 0.25) is 0 Å². The molecule has 0 aromatic carbocycles. The van der Waals surface area contributed by atoms with Crippen LogP contribution >= 0.6 is 0 Å². The summed E-state index contributed by atoms with van der Waals surface area (Å²) in [7, 11) is 0. The summed E-state index contributed by atoms with van der Waals surface area (Å²) >= 11 is 0. The monoisotopic (exact) mass is 236 g/mol. The number of nitrogens with zero attached hydrogens (tertiary/aromatic N) is 1. The van der Waals surface area contributed by atoms with Gasteiger partial charge in [-0.15, -0.1) is 0 Å². The van der Waals surface area contributed by atoms with E-state index in [2.05, 4.69) is 10.3 Å². The maximum Gasteiger partial charge on any atom is 0.303 e. The third-order valence-electron chi connectivity index (χ3n) is 2.27. The number of aliphatic carboxylic acids is 1. The van der Waals surface area contributed by atoms with Gasteiger partial charge < -0.3 is 10.4 Å². The van der Waals surface area contributed by atoms with E-state index < -0.39 is 5.97 Å². The molecule has 0 aliphatic heterocycles. The predicted molar refractivity (Wildman–Crippen MR) is 62.1 cm³/mol. The third-order valence-corrected chi connectivity index (χ3v) is 2.27. The van der Waals surface area contributed by atoms with E-state index in [0.717, 1.165) is 5.56 Å². The molecule has 0 radical (unpaired) electrons. The summed E-state index contributed by atoms with van der Waals surface area (Å²) in [5, 5.41) is 11.3. The molecule has 92 valence electrons. The van der Waals surface area contributed by atoms with Gasteiger partial charge in [0.05, 0.1) is 0 Å². The van der Waals surface area contributed by atoms with Crippen molar-refractivity contribution in [2.45, 2.75) is 26.3 Å². The van der Waals surface area contributed by atoms with Crippen LogP contribution in [0.15, 0.2) is 24.5 Å². The van der Waals surface area contributed by atoms with E-state index in [1.807, 2.05) is 6.07 Å². The van der Waals surface area contributed by atoms with Gasteiger partial charge in [0.15, 0.2) is 0 Å². The summed E-state index contributed by atoms with van der Waals surface area (Å²) in [4.78, 5) is 25.8. The number of pyridine rings is 1. The number of nitrogens with one attached hydrogen (secondary N) is 1. The Hall–Kier alpha value is -1.91. The first-order valence-electron chi connectivity index (χ1n) is 5.45. The zero-order chi connectivity index (χ0) is 12.7. The highest BCUT2D eigenvalue weighted by molar-refractivity contribution is 5.77. The Morgan fingerprint density at radius 2 is 2.24 bits per heavy atom. The zero-order valence-corrected chi connectivity index (χ0v) is 9.72. The minimum Gasteiger partial charge on any atom is -0.481 e. The molecule has 0 bridgehead atoms. The number of carboxylic acids is 1. The molecule has 0 saturated carbocycles. The number of amides is 1. The predicted octanol–water partition coefficient (Wildman–Crippen LogP) is 1.20. The average Bonchev–Trinajstić information content (AvgIpc) is 2.26. The number of carbonyl (C=O) groups is 2. The molecule has 1 aromatic heterocycles. The molecule has 0 spiro atoms. The van der Waals surface area contributed by atoms with Gasteiger partial charge in [-0.1, -0.05) is 13.0 Å². The maximum absolute atomic E-state index is 11.5. The average molecular weight is 236 g/mol. The number of rotatable bonds is 6. The van der Waals surface area contributed by atoms with Gasteiger partial charge >= 0.3 is 5.97 Å². The third kappa shape index (κ3) is 5.65. The van der Waals surface area contributed by atoms with Crippen LogP contribution in [0, 0.1) is 5.92 Å². The Labute approximate surface area is 99.9 Å². The fourth-order valence-corrected chi connectivity index (χ4v) is 1.46. The molecule has 1 rings (SSSR count). The molecule has 0 fully saturated rings. The highest BCUT2D eigenvalue weighted by atomic mass is 16.4. The first-order chi connectivity index (χ1) is 8.08. The van der Waals surface area contributed by atoms with Crippen molar-refractivity contribution >= 4 is 11.9 Å². The number of carboxylic acid groups (broad SMARTS) is 1. The number of hydrogen-bond acceptors (Lipinski definition) is 3. The van der Waals surface area contributed by atoms with Crippen LogP contribution in [0.4, 0.5) is 0 Å². The van der Waals surface area contributed by atoms with Gasteiger partial charge in [0.2, 0.25) is 5.91 Å². The molecule has 0 saturated heterocycles. The molecular formula is C12H16N2O3. The number of aromatic nitrogens is 1. The summed E-state index contributed by atoms with van der Waals surface area (Å²) < 4.78 is 0. The van der Waals surface area contributed by atoms with Gasteiger partial charge in [0.1, 0.15) is 0 Å². The van der Waals surface area contributed by atoms with Crippen LogP contribution in [0.5, 0.6) is 0 Å². The largest absolute Gasteiger partial charge is 0.481 e. The Bertz CT molecular complexity index is 379. The lowest BCUT2D eigenvalue weighted by molar-refractivity contribution is -0.138.